The largest absolute Gasteiger partial charge is 0.493 e. The van der Waals surface area contributed by atoms with E-state index in [9.17, 15) is 4.79 Å². The fourth-order valence-electron chi connectivity index (χ4n) is 1.98. The highest BCUT2D eigenvalue weighted by Crippen LogP contribution is 2.30. The molecule has 0 radical (unpaired) electrons. The summed E-state index contributed by atoms with van der Waals surface area (Å²) < 4.78 is 16.1. The lowest BCUT2D eigenvalue weighted by molar-refractivity contribution is -0.128. The number of morpholine rings is 1. The summed E-state index contributed by atoms with van der Waals surface area (Å²) in [5.41, 5.74) is 0.661. The van der Waals surface area contributed by atoms with E-state index < -0.39 is 6.10 Å². The molecular formula is C14H20N2O4. The van der Waals surface area contributed by atoms with Gasteiger partial charge in [0.05, 0.1) is 20.3 Å². The van der Waals surface area contributed by atoms with E-state index in [1.165, 1.54) is 0 Å². The maximum atomic E-state index is 12.0. The maximum Gasteiger partial charge on any atom is 0.254 e. The molecule has 110 valence electrons. The lowest BCUT2D eigenvalue weighted by atomic mass is 10.2. The van der Waals surface area contributed by atoms with E-state index in [-0.39, 0.29) is 5.91 Å². The van der Waals surface area contributed by atoms with Crippen molar-refractivity contribution in [2.24, 2.45) is 0 Å². The van der Waals surface area contributed by atoms with Crippen LogP contribution in [-0.2, 0) is 9.53 Å². The van der Waals surface area contributed by atoms with Crippen LogP contribution in [0.3, 0.4) is 0 Å². The van der Waals surface area contributed by atoms with Crippen LogP contribution in [0.5, 0.6) is 11.5 Å². The lowest BCUT2D eigenvalue weighted by Crippen LogP contribution is -2.45. The van der Waals surface area contributed by atoms with E-state index in [2.05, 4.69) is 10.6 Å². The van der Waals surface area contributed by atoms with Gasteiger partial charge in [-0.1, -0.05) is 0 Å². The molecule has 0 aliphatic carbocycles. The Morgan fingerprint density at radius 2 is 2.35 bits per heavy atom. The Hall–Kier alpha value is -1.79. The topological polar surface area (TPSA) is 68.8 Å². The van der Waals surface area contributed by atoms with Crippen LogP contribution in [0.2, 0.25) is 0 Å². The predicted molar refractivity (Wildman–Crippen MR) is 75.4 cm³/mol. The summed E-state index contributed by atoms with van der Waals surface area (Å²) in [6, 6.07) is 5.28. The van der Waals surface area contributed by atoms with E-state index in [4.69, 9.17) is 14.2 Å². The molecule has 2 rings (SSSR count). The fourth-order valence-corrected chi connectivity index (χ4v) is 1.98. The highest BCUT2D eigenvalue weighted by Gasteiger charge is 2.22. The Morgan fingerprint density at radius 3 is 3.00 bits per heavy atom. The summed E-state index contributed by atoms with van der Waals surface area (Å²) in [4.78, 5) is 12.0. The molecular weight excluding hydrogens is 260 g/mol. The molecule has 1 atom stereocenters. The number of benzene rings is 1. The second-order valence-corrected chi connectivity index (χ2v) is 4.35. The van der Waals surface area contributed by atoms with Crippen LogP contribution >= 0.6 is 0 Å². The molecule has 2 N–H and O–H groups in total. The van der Waals surface area contributed by atoms with Crippen molar-refractivity contribution in [1.29, 1.82) is 0 Å². The summed E-state index contributed by atoms with van der Waals surface area (Å²) in [6.07, 6.45) is -0.457. The zero-order valence-corrected chi connectivity index (χ0v) is 11.8. The highest BCUT2D eigenvalue weighted by atomic mass is 16.5. The Morgan fingerprint density at radius 1 is 1.50 bits per heavy atom. The first-order valence-electron chi connectivity index (χ1n) is 6.68. The molecule has 1 fully saturated rings. The Labute approximate surface area is 118 Å². The molecule has 1 aliphatic heterocycles. The third kappa shape index (κ3) is 3.61. The van der Waals surface area contributed by atoms with Gasteiger partial charge in [0.1, 0.15) is 6.10 Å². The SMILES string of the molecule is CCOc1cc(NC(=O)C2CNCCO2)ccc1OC. The van der Waals surface area contributed by atoms with E-state index in [0.717, 1.165) is 6.54 Å². The number of amides is 1. The standard InChI is InChI=1S/C14H20N2O4/c1-3-19-12-8-10(4-5-11(12)18-2)16-14(17)13-9-15-6-7-20-13/h4-5,8,13,15H,3,6-7,9H2,1-2H3,(H,16,17). The lowest BCUT2D eigenvalue weighted by Gasteiger charge is -2.22. The van der Waals surface area contributed by atoms with Gasteiger partial charge < -0.3 is 24.8 Å². The van der Waals surface area contributed by atoms with Crippen molar-refractivity contribution in [2.45, 2.75) is 13.0 Å². The van der Waals surface area contributed by atoms with Crippen molar-refractivity contribution in [3.8, 4) is 11.5 Å². The smallest absolute Gasteiger partial charge is 0.254 e. The monoisotopic (exact) mass is 280 g/mol. The van der Waals surface area contributed by atoms with Gasteiger partial charge in [0.15, 0.2) is 11.5 Å². The van der Waals surface area contributed by atoms with E-state index in [1.54, 1.807) is 25.3 Å². The Kier molecular flexibility index (Phi) is 5.20. The molecule has 1 heterocycles. The average molecular weight is 280 g/mol. The summed E-state index contributed by atoms with van der Waals surface area (Å²) in [5.74, 6) is 1.08. The number of anilines is 1. The summed E-state index contributed by atoms with van der Waals surface area (Å²) in [7, 11) is 1.58. The van der Waals surface area contributed by atoms with E-state index in [1.807, 2.05) is 6.92 Å². The normalized spacial score (nSPS) is 18.4. The molecule has 0 aromatic heterocycles. The van der Waals surface area contributed by atoms with Crippen molar-refractivity contribution in [2.75, 3.05) is 38.7 Å². The van der Waals surface area contributed by atoms with Gasteiger partial charge in [0.25, 0.3) is 5.91 Å². The van der Waals surface area contributed by atoms with Gasteiger partial charge in [0.2, 0.25) is 0 Å². The zero-order valence-electron chi connectivity index (χ0n) is 11.8. The van der Waals surface area contributed by atoms with Crippen LogP contribution in [0.1, 0.15) is 6.92 Å². The first kappa shape index (κ1) is 14.6. The fraction of sp³-hybridized carbons (Fsp3) is 0.500. The quantitative estimate of drug-likeness (QED) is 0.843. The molecule has 0 saturated carbocycles. The van der Waals surface area contributed by atoms with Crippen molar-refractivity contribution in [3.63, 3.8) is 0 Å². The molecule has 1 unspecified atom stereocenters. The minimum absolute atomic E-state index is 0.162. The van der Waals surface area contributed by atoms with Crippen LogP contribution in [-0.4, -0.2) is 45.4 Å². The third-order valence-electron chi connectivity index (χ3n) is 2.95. The van der Waals surface area contributed by atoms with E-state index >= 15 is 0 Å². The van der Waals surface area contributed by atoms with Crippen molar-refractivity contribution in [1.82, 2.24) is 5.32 Å². The number of carbonyl (C=O) groups excluding carboxylic acids is 1. The number of rotatable bonds is 5. The molecule has 0 spiro atoms. The average Bonchev–Trinajstić information content (AvgIpc) is 2.49. The highest BCUT2D eigenvalue weighted by molar-refractivity contribution is 5.94. The van der Waals surface area contributed by atoms with Gasteiger partial charge in [0, 0.05) is 24.8 Å². The number of carbonyl (C=O) groups is 1. The van der Waals surface area contributed by atoms with Gasteiger partial charge in [-0.15, -0.1) is 0 Å². The molecule has 20 heavy (non-hydrogen) atoms. The summed E-state index contributed by atoms with van der Waals surface area (Å²) in [5, 5.41) is 5.94. The van der Waals surface area contributed by atoms with Crippen LogP contribution in [0, 0.1) is 0 Å². The first-order valence-corrected chi connectivity index (χ1v) is 6.68. The van der Waals surface area contributed by atoms with Crippen molar-refractivity contribution < 1.29 is 19.0 Å². The number of nitrogens with one attached hydrogen (secondary N) is 2. The van der Waals surface area contributed by atoms with Gasteiger partial charge in [-0.2, -0.15) is 0 Å². The number of hydrogen-bond acceptors (Lipinski definition) is 5. The first-order chi connectivity index (χ1) is 9.74. The summed E-state index contributed by atoms with van der Waals surface area (Å²) >= 11 is 0. The zero-order chi connectivity index (χ0) is 14.4. The molecule has 6 nitrogen and oxygen atoms in total. The number of methoxy groups -OCH3 is 1. The molecule has 1 saturated heterocycles. The number of hydrogen-bond donors (Lipinski definition) is 2. The van der Waals surface area contributed by atoms with Crippen LogP contribution in [0.25, 0.3) is 0 Å². The van der Waals surface area contributed by atoms with Gasteiger partial charge in [-0.05, 0) is 19.1 Å². The molecule has 1 amide bonds. The number of ether oxygens (including phenoxy) is 3. The van der Waals surface area contributed by atoms with Crippen molar-refractivity contribution in [3.05, 3.63) is 18.2 Å². The minimum Gasteiger partial charge on any atom is -0.493 e. The molecule has 1 aromatic rings. The Bertz CT molecular complexity index is 458. The molecule has 1 aliphatic rings. The van der Waals surface area contributed by atoms with Crippen LogP contribution in [0.4, 0.5) is 5.69 Å². The van der Waals surface area contributed by atoms with E-state index in [0.29, 0.717) is 36.9 Å². The molecule has 6 heteroatoms. The minimum atomic E-state index is -0.457. The van der Waals surface area contributed by atoms with Gasteiger partial charge in [-0.3, -0.25) is 4.79 Å². The van der Waals surface area contributed by atoms with Crippen LogP contribution in [0.15, 0.2) is 18.2 Å². The van der Waals surface area contributed by atoms with Gasteiger partial charge in [-0.25, -0.2) is 0 Å². The summed E-state index contributed by atoms with van der Waals surface area (Å²) in [6.45, 7) is 4.28. The second-order valence-electron chi connectivity index (χ2n) is 4.35. The molecule has 1 aromatic carbocycles. The Balaban J connectivity index is 2.04. The maximum absolute atomic E-state index is 12.0. The van der Waals surface area contributed by atoms with Crippen LogP contribution < -0.4 is 20.1 Å². The third-order valence-corrected chi connectivity index (χ3v) is 2.95. The predicted octanol–water partition coefficient (Wildman–Crippen LogP) is 1.02. The van der Waals surface area contributed by atoms with Crippen molar-refractivity contribution >= 4 is 11.6 Å². The second kappa shape index (κ2) is 7.12. The molecule has 0 bridgehead atoms. The van der Waals surface area contributed by atoms with Gasteiger partial charge >= 0.3 is 0 Å².